The lowest BCUT2D eigenvalue weighted by Gasteiger charge is -2.13. The van der Waals surface area contributed by atoms with Crippen LogP contribution in [0.15, 0.2) is 51.7 Å². The van der Waals surface area contributed by atoms with Crippen LogP contribution in [0.25, 0.3) is 21.9 Å². The van der Waals surface area contributed by atoms with Gasteiger partial charge < -0.3 is 19.6 Å². The standard InChI is InChI=1S/C22H17ClN2O5/c1-11-6-7-12-4-3-5-17(18(12)25-11)24-10-15-19(26)16(23)9-13-8-14(21(27)29-2)22(28)30-20(13)15/h3-9,24,26H,10H2,1-2H3. The van der Waals surface area contributed by atoms with Crippen molar-refractivity contribution in [1.82, 2.24) is 4.98 Å². The number of para-hydroxylation sites is 1. The van der Waals surface area contributed by atoms with E-state index in [2.05, 4.69) is 15.0 Å². The Morgan fingerprint density at radius 1 is 1.23 bits per heavy atom. The van der Waals surface area contributed by atoms with Crippen molar-refractivity contribution >= 4 is 45.1 Å². The molecule has 0 amide bonds. The van der Waals surface area contributed by atoms with Crippen LogP contribution in [0.5, 0.6) is 5.75 Å². The summed E-state index contributed by atoms with van der Waals surface area (Å²) in [6, 6.07) is 12.4. The average molecular weight is 425 g/mol. The summed E-state index contributed by atoms with van der Waals surface area (Å²) in [4.78, 5) is 28.6. The topological polar surface area (TPSA) is 102 Å². The van der Waals surface area contributed by atoms with Crippen molar-refractivity contribution in [3.63, 3.8) is 0 Å². The number of phenolic OH excluding ortho intramolecular Hbond substituents is 1. The van der Waals surface area contributed by atoms with Crippen molar-refractivity contribution in [2.24, 2.45) is 0 Å². The maximum Gasteiger partial charge on any atom is 0.351 e. The van der Waals surface area contributed by atoms with Gasteiger partial charge in [0.15, 0.2) is 0 Å². The minimum Gasteiger partial charge on any atom is -0.506 e. The van der Waals surface area contributed by atoms with Crippen molar-refractivity contribution in [2.45, 2.75) is 13.5 Å². The molecule has 8 heteroatoms. The van der Waals surface area contributed by atoms with Crippen LogP contribution >= 0.6 is 11.6 Å². The largest absolute Gasteiger partial charge is 0.506 e. The Hall–Kier alpha value is -3.58. The molecular formula is C22H17ClN2O5. The number of pyridine rings is 1. The van der Waals surface area contributed by atoms with Crippen molar-refractivity contribution in [3.8, 4) is 5.75 Å². The fourth-order valence-electron chi connectivity index (χ4n) is 3.27. The number of fused-ring (bicyclic) bond motifs is 2. The van der Waals surface area contributed by atoms with Gasteiger partial charge in [-0.05, 0) is 31.2 Å². The molecule has 0 bridgehead atoms. The quantitative estimate of drug-likeness (QED) is 0.369. The van der Waals surface area contributed by atoms with Gasteiger partial charge in [-0.2, -0.15) is 0 Å². The molecule has 0 radical (unpaired) electrons. The number of ether oxygens (including phenoxy) is 1. The van der Waals surface area contributed by atoms with Crippen molar-refractivity contribution in [2.75, 3.05) is 12.4 Å². The number of hydrogen-bond donors (Lipinski definition) is 2. The highest BCUT2D eigenvalue weighted by Crippen LogP contribution is 2.35. The van der Waals surface area contributed by atoms with Crippen molar-refractivity contribution in [3.05, 3.63) is 74.7 Å². The number of nitrogens with zero attached hydrogens (tertiary/aromatic N) is 1. The molecule has 4 aromatic rings. The van der Waals surface area contributed by atoms with Gasteiger partial charge in [-0.25, -0.2) is 9.59 Å². The lowest BCUT2D eigenvalue weighted by atomic mass is 10.1. The van der Waals surface area contributed by atoms with E-state index >= 15 is 0 Å². The molecule has 2 aromatic carbocycles. The zero-order valence-electron chi connectivity index (χ0n) is 16.2. The number of methoxy groups -OCH3 is 1. The number of esters is 1. The molecule has 2 aromatic heterocycles. The fraction of sp³-hybridized carbons (Fsp3) is 0.136. The molecule has 4 rings (SSSR count). The van der Waals surface area contributed by atoms with Crippen LogP contribution in [-0.2, 0) is 11.3 Å². The molecule has 0 aliphatic rings. The predicted octanol–water partition coefficient (Wildman–Crippen LogP) is 4.41. The second-order valence-corrected chi connectivity index (χ2v) is 7.13. The minimum atomic E-state index is -0.861. The smallest absolute Gasteiger partial charge is 0.351 e. The van der Waals surface area contributed by atoms with Crippen molar-refractivity contribution in [1.29, 1.82) is 0 Å². The SMILES string of the molecule is COC(=O)c1cc2cc(Cl)c(O)c(CNc3cccc4ccc(C)nc34)c2oc1=O. The van der Waals surface area contributed by atoms with E-state index in [9.17, 15) is 14.7 Å². The molecule has 0 aliphatic carbocycles. The summed E-state index contributed by atoms with van der Waals surface area (Å²) >= 11 is 6.17. The number of nitrogens with one attached hydrogen (secondary N) is 1. The fourth-order valence-corrected chi connectivity index (χ4v) is 3.50. The van der Waals surface area contributed by atoms with Gasteiger partial charge in [-0.1, -0.05) is 29.8 Å². The van der Waals surface area contributed by atoms with E-state index < -0.39 is 11.6 Å². The monoisotopic (exact) mass is 424 g/mol. The molecule has 0 fully saturated rings. The molecule has 2 N–H and O–H groups in total. The predicted molar refractivity (Wildman–Crippen MR) is 114 cm³/mol. The van der Waals surface area contributed by atoms with Crippen LogP contribution in [0.4, 0.5) is 5.69 Å². The first-order valence-corrected chi connectivity index (χ1v) is 9.43. The third-order valence-electron chi connectivity index (χ3n) is 4.77. The second-order valence-electron chi connectivity index (χ2n) is 6.73. The Bertz CT molecular complexity index is 1360. The summed E-state index contributed by atoms with van der Waals surface area (Å²) in [5, 5.41) is 15.1. The highest BCUT2D eigenvalue weighted by molar-refractivity contribution is 6.33. The Morgan fingerprint density at radius 2 is 2.03 bits per heavy atom. The molecule has 152 valence electrons. The number of aryl methyl sites for hydroxylation is 1. The number of carbonyl (C=O) groups is 1. The number of aromatic nitrogens is 1. The Morgan fingerprint density at radius 3 is 2.80 bits per heavy atom. The normalized spacial score (nSPS) is 11.0. The first-order chi connectivity index (χ1) is 14.4. The molecule has 0 saturated heterocycles. The van der Waals surface area contributed by atoms with Crippen LogP contribution in [0.1, 0.15) is 21.6 Å². The Labute approximate surface area is 175 Å². The van der Waals surface area contributed by atoms with Crippen molar-refractivity contribution < 1.29 is 19.1 Å². The van der Waals surface area contributed by atoms with Gasteiger partial charge in [0.2, 0.25) is 0 Å². The first-order valence-electron chi connectivity index (χ1n) is 9.06. The molecule has 0 aliphatic heterocycles. The van der Waals surface area contributed by atoms with E-state index in [1.165, 1.54) is 19.2 Å². The van der Waals surface area contributed by atoms with E-state index in [-0.39, 0.29) is 34.0 Å². The van der Waals surface area contributed by atoms with Gasteiger partial charge in [0, 0.05) is 23.0 Å². The number of aromatic hydroxyl groups is 1. The summed E-state index contributed by atoms with van der Waals surface area (Å²) in [6.07, 6.45) is 0. The van der Waals surface area contributed by atoms with Gasteiger partial charge in [0.25, 0.3) is 0 Å². The summed E-state index contributed by atoms with van der Waals surface area (Å²) < 4.78 is 9.95. The molecule has 30 heavy (non-hydrogen) atoms. The van der Waals surface area contributed by atoms with Gasteiger partial charge >= 0.3 is 11.6 Å². The van der Waals surface area contributed by atoms with E-state index in [0.29, 0.717) is 5.39 Å². The average Bonchev–Trinajstić information content (AvgIpc) is 2.74. The molecule has 0 saturated carbocycles. The summed E-state index contributed by atoms with van der Waals surface area (Å²) in [5.41, 5.74) is 1.70. The number of phenols is 1. The first kappa shape index (κ1) is 19.7. The van der Waals surface area contributed by atoms with E-state index in [1.807, 2.05) is 37.3 Å². The van der Waals surface area contributed by atoms with Gasteiger partial charge in [0.05, 0.1) is 28.9 Å². The highest BCUT2D eigenvalue weighted by atomic mass is 35.5. The van der Waals surface area contributed by atoms with Crippen LogP contribution in [0.2, 0.25) is 5.02 Å². The van der Waals surface area contributed by atoms with Crippen LogP contribution in [-0.4, -0.2) is 23.2 Å². The van der Waals surface area contributed by atoms with Gasteiger partial charge in [-0.3, -0.25) is 4.98 Å². The van der Waals surface area contributed by atoms with E-state index in [0.717, 1.165) is 22.3 Å². The minimum absolute atomic E-state index is 0.0656. The lowest BCUT2D eigenvalue weighted by Crippen LogP contribution is -2.15. The summed E-state index contributed by atoms with van der Waals surface area (Å²) in [7, 11) is 1.17. The highest BCUT2D eigenvalue weighted by Gasteiger charge is 2.19. The Balaban J connectivity index is 1.80. The number of benzene rings is 2. The van der Waals surface area contributed by atoms with E-state index in [1.54, 1.807) is 0 Å². The molecule has 0 spiro atoms. The van der Waals surface area contributed by atoms with Crippen LogP contribution in [0, 0.1) is 6.92 Å². The zero-order valence-corrected chi connectivity index (χ0v) is 16.9. The molecule has 7 nitrogen and oxygen atoms in total. The van der Waals surface area contributed by atoms with Gasteiger partial charge in [0.1, 0.15) is 16.9 Å². The molecule has 0 unspecified atom stereocenters. The zero-order chi connectivity index (χ0) is 21.4. The number of halogens is 1. The number of rotatable bonds is 4. The molecule has 2 heterocycles. The number of carbonyl (C=O) groups excluding carboxylic acids is 1. The summed E-state index contributed by atoms with van der Waals surface area (Å²) in [6.45, 7) is 2.01. The lowest BCUT2D eigenvalue weighted by molar-refractivity contribution is 0.0596. The van der Waals surface area contributed by atoms with Crippen LogP contribution in [0.3, 0.4) is 0 Å². The van der Waals surface area contributed by atoms with E-state index in [4.69, 9.17) is 16.0 Å². The van der Waals surface area contributed by atoms with Crippen LogP contribution < -0.4 is 10.9 Å². The molecular weight excluding hydrogens is 408 g/mol. The maximum atomic E-state index is 12.3. The summed E-state index contributed by atoms with van der Waals surface area (Å²) in [5.74, 6) is -1.03. The second kappa shape index (κ2) is 7.68. The number of hydrogen-bond acceptors (Lipinski definition) is 7. The third-order valence-corrected chi connectivity index (χ3v) is 5.05. The molecule has 0 atom stereocenters. The number of anilines is 1. The Kier molecular flexibility index (Phi) is 5.05. The maximum absolute atomic E-state index is 12.3. The third kappa shape index (κ3) is 3.44. The van der Waals surface area contributed by atoms with Gasteiger partial charge in [-0.15, -0.1) is 0 Å².